The Morgan fingerprint density at radius 2 is 1.73 bits per heavy atom. The summed E-state index contributed by atoms with van der Waals surface area (Å²) in [7, 11) is 4.63. The van der Waals surface area contributed by atoms with E-state index in [1.54, 1.807) is 25.2 Å². The van der Waals surface area contributed by atoms with E-state index < -0.39 is 11.8 Å². The van der Waals surface area contributed by atoms with Crippen LogP contribution in [0.5, 0.6) is 11.5 Å². The summed E-state index contributed by atoms with van der Waals surface area (Å²) >= 11 is 0. The molecule has 9 nitrogen and oxygen atoms in total. The number of methoxy groups -OCH3 is 2. The zero-order valence-electron chi connectivity index (χ0n) is 19.6. The molecule has 0 atom stereocenters. The molecule has 1 saturated heterocycles. The summed E-state index contributed by atoms with van der Waals surface area (Å²) in [5.41, 5.74) is 1.43. The number of imide groups is 1. The topological polar surface area (TPSA) is 96.9 Å². The molecule has 3 heterocycles. The standard InChI is InChI=1S/C24H30N4O5/c1-5-9-16-19(22(29)26(2)25-16)20-21(27-12-7-6-8-13-27)24(31)28(23(20)30)17-11-10-15(32-3)14-18(17)33-4/h10-11,14,25H,5-9,12-13H2,1-4H3. The molecule has 0 spiro atoms. The lowest BCUT2D eigenvalue weighted by Crippen LogP contribution is -2.37. The van der Waals surface area contributed by atoms with Crippen LogP contribution in [0.25, 0.3) is 5.57 Å². The number of benzene rings is 1. The fourth-order valence-electron chi connectivity index (χ4n) is 4.64. The molecule has 176 valence electrons. The molecule has 0 radical (unpaired) electrons. The quantitative estimate of drug-likeness (QED) is 0.646. The first kappa shape index (κ1) is 22.7. The monoisotopic (exact) mass is 454 g/mol. The van der Waals surface area contributed by atoms with Gasteiger partial charge in [0.25, 0.3) is 17.4 Å². The van der Waals surface area contributed by atoms with Crippen LogP contribution in [0.2, 0.25) is 0 Å². The van der Waals surface area contributed by atoms with Crippen molar-refractivity contribution in [1.29, 1.82) is 0 Å². The summed E-state index contributed by atoms with van der Waals surface area (Å²) in [5, 5.41) is 3.07. The molecule has 0 bridgehead atoms. The highest BCUT2D eigenvalue weighted by Gasteiger charge is 2.45. The zero-order valence-corrected chi connectivity index (χ0v) is 19.6. The van der Waals surface area contributed by atoms with Crippen LogP contribution in [0, 0.1) is 0 Å². The number of hydrogen-bond acceptors (Lipinski definition) is 6. The average Bonchev–Trinajstić information content (AvgIpc) is 3.24. The van der Waals surface area contributed by atoms with Gasteiger partial charge < -0.3 is 14.4 Å². The first-order valence-electron chi connectivity index (χ1n) is 11.3. The molecule has 9 heteroatoms. The number of aromatic nitrogens is 2. The fraction of sp³-hybridized carbons (Fsp3) is 0.458. The summed E-state index contributed by atoms with van der Waals surface area (Å²) < 4.78 is 12.1. The van der Waals surface area contributed by atoms with Crippen LogP contribution >= 0.6 is 0 Å². The van der Waals surface area contributed by atoms with Gasteiger partial charge in [0.2, 0.25) is 0 Å². The molecule has 1 aromatic heterocycles. The summed E-state index contributed by atoms with van der Waals surface area (Å²) in [5.74, 6) is -0.0703. The van der Waals surface area contributed by atoms with Crippen LogP contribution < -0.4 is 19.9 Å². The van der Waals surface area contributed by atoms with Crippen molar-refractivity contribution < 1.29 is 19.1 Å². The van der Waals surface area contributed by atoms with Crippen LogP contribution in [0.3, 0.4) is 0 Å². The van der Waals surface area contributed by atoms with Crippen molar-refractivity contribution in [2.75, 3.05) is 32.2 Å². The Balaban J connectivity index is 1.91. The van der Waals surface area contributed by atoms with Crippen LogP contribution in [-0.4, -0.2) is 53.8 Å². The molecule has 2 aliphatic rings. The molecule has 2 amide bonds. The van der Waals surface area contributed by atoms with E-state index in [4.69, 9.17) is 9.47 Å². The second-order valence-corrected chi connectivity index (χ2v) is 8.33. The maximum absolute atomic E-state index is 13.9. The smallest absolute Gasteiger partial charge is 0.282 e. The van der Waals surface area contributed by atoms with Crippen molar-refractivity contribution in [3.8, 4) is 11.5 Å². The van der Waals surface area contributed by atoms with Crippen molar-refractivity contribution in [3.05, 3.63) is 45.5 Å². The fourth-order valence-corrected chi connectivity index (χ4v) is 4.64. The molecule has 0 saturated carbocycles. The molecular weight excluding hydrogens is 424 g/mol. The van der Waals surface area contributed by atoms with E-state index in [1.165, 1.54) is 18.9 Å². The Hall–Kier alpha value is -3.49. The number of rotatable bonds is 7. The van der Waals surface area contributed by atoms with Gasteiger partial charge in [-0.3, -0.25) is 24.2 Å². The number of likely N-dealkylation sites (tertiary alicyclic amines) is 1. The minimum Gasteiger partial charge on any atom is -0.497 e. The Bertz CT molecular complexity index is 1170. The molecular formula is C24H30N4O5. The molecule has 1 aromatic carbocycles. The summed E-state index contributed by atoms with van der Waals surface area (Å²) in [6.45, 7) is 3.34. The van der Waals surface area contributed by atoms with Gasteiger partial charge in [-0.1, -0.05) is 13.3 Å². The predicted octanol–water partition coefficient (Wildman–Crippen LogP) is 2.45. The van der Waals surface area contributed by atoms with Gasteiger partial charge in [0.1, 0.15) is 17.2 Å². The molecule has 33 heavy (non-hydrogen) atoms. The third-order valence-electron chi connectivity index (χ3n) is 6.23. The number of anilines is 1. The number of H-pyrrole nitrogens is 1. The summed E-state index contributed by atoms with van der Waals surface area (Å²) in [6, 6.07) is 4.94. The van der Waals surface area contributed by atoms with Gasteiger partial charge >= 0.3 is 0 Å². The Morgan fingerprint density at radius 3 is 2.36 bits per heavy atom. The lowest BCUT2D eigenvalue weighted by Gasteiger charge is -2.29. The second kappa shape index (κ2) is 9.17. The Morgan fingerprint density at radius 1 is 1.00 bits per heavy atom. The minimum atomic E-state index is -0.516. The Kier molecular flexibility index (Phi) is 6.31. The number of carbonyl (C=O) groups is 2. The molecule has 0 aliphatic carbocycles. The predicted molar refractivity (Wildman–Crippen MR) is 124 cm³/mol. The van der Waals surface area contributed by atoms with E-state index in [9.17, 15) is 14.4 Å². The first-order valence-corrected chi connectivity index (χ1v) is 11.3. The summed E-state index contributed by atoms with van der Waals surface area (Å²) in [6.07, 6.45) is 4.31. The second-order valence-electron chi connectivity index (χ2n) is 8.33. The van der Waals surface area contributed by atoms with Crippen molar-refractivity contribution in [3.63, 3.8) is 0 Å². The maximum atomic E-state index is 13.9. The number of aromatic amines is 1. The Labute approximate surface area is 192 Å². The highest BCUT2D eigenvalue weighted by atomic mass is 16.5. The lowest BCUT2D eigenvalue weighted by atomic mass is 10.0. The van der Waals surface area contributed by atoms with Gasteiger partial charge in [-0.05, 0) is 37.8 Å². The molecule has 2 aliphatic heterocycles. The van der Waals surface area contributed by atoms with E-state index in [-0.39, 0.29) is 16.7 Å². The van der Waals surface area contributed by atoms with Gasteiger partial charge in [0.05, 0.1) is 31.0 Å². The molecule has 2 aromatic rings. The van der Waals surface area contributed by atoms with Crippen molar-refractivity contribution in [2.45, 2.75) is 39.0 Å². The van der Waals surface area contributed by atoms with E-state index in [1.807, 2.05) is 11.8 Å². The maximum Gasteiger partial charge on any atom is 0.282 e. The van der Waals surface area contributed by atoms with Gasteiger partial charge in [-0.25, -0.2) is 4.90 Å². The number of aryl methyl sites for hydroxylation is 2. The third kappa shape index (κ3) is 3.81. The SMILES string of the molecule is CCCc1[nH]n(C)c(=O)c1C1=C(N2CCCCC2)C(=O)N(c2ccc(OC)cc2OC)C1=O. The number of ether oxygens (including phenoxy) is 2. The molecule has 0 unspecified atom stereocenters. The normalized spacial score (nSPS) is 16.7. The highest BCUT2D eigenvalue weighted by Crippen LogP contribution is 2.40. The lowest BCUT2D eigenvalue weighted by molar-refractivity contribution is -0.120. The third-order valence-corrected chi connectivity index (χ3v) is 6.23. The number of amides is 2. The number of nitrogens with zero attached hydrogens (tertiary/aromatic N) is 3. The van der Waals surface area contributed by atoms with Crippen LogP contribution in [0.1, 0.15) is 43.9 Å². The van der Waals surface area contributed by atoms with Gasteiger partial charge in [0, 0.05) is 31.9 Å². The molecule has 1 fully saturated rings. The van der Waals surface area contributed by atoms with Crippen molar-refractivity contribution in [1.82, 2.24) is 14.7 Å². The van der Waals surface area contributed by atoms with Gasteiger partial charge in [-0.2, -0.15) is 0 Å². The van der Waals surface area contributed by atoms with Crippen LogP contribution in [0.15, 0.2) is 28.7 Å². The minimum absolute atomic E-state index is 0.171. The number of carbonyl (C=O) groups excluding carboxylic acids is 2. The van der Waals surface area contributed by atoms with E-state index in [0.29, 0.717) is 48.1 Å². The molecule has 4 rings (SSSR count). The number of nitrogens with one attached hydrogen (secondary N) is 1. The van der Waals surface area contributed by atoms with Crippen molar-refractivity contribution >= 4 is 23.1 Å². The van der Waals surface area contributed by atoms with Gasteiger partial charge in [0.15, 0.2) is 0 Å². The molecule has 1 N–H and O–H groups in total. The largest absolute Gasteiger partial charge is 0.497 e. The van der Waals surface area contributed by atoms with E-state index >= 15 is 0 Å². The van der Waals surface area contributed by atoms with E-state index in [2.05, 4.69) is 5.10 Å². The zero-order chi connectivity index (χ0) is 23.7. The van der Waals surface area contributed by atoms with Crippen LogP contribution in [0.4, 0.5) is 5.69 Å². The van der Waals surface area contributed by atoms with E-state index in [0.717, 1.165) is 30.6 Å². The van der Waals surface area contributed by atoms with Gasteiger partial charge in [-0.15, -0.1) is 0 Å². The van der Waals surface area contributed by atoms with Crippen LogP contribution in [-0.2, 0) is 23.1 Å². The average molecular weight is 455 g/mol. The highest BCUT2D eigenvalue weighted by molar-refractivity contribution is 6.45. The number of piperidine rings is 1. The number of hydrogen-bond donors (Lipinski definition) is 1. The summed E-state index contributed by atoms with van der Waals surface area (Å²) in [4.78, 5) is 43.9. The first-order chi connectivity index (χ1) is 15.9. The van der Waals surface area contributed by atoms with Crippen molar-refractivity contribution in [2.24, 2.45) is 7.05 Å².